The van der Waals surface area contributed by atoms with Gasteiger partial charge in [0.25, 0.3) is 0 Å². The minimum absolute atomic E-state index is 0.237. The summed E-state index contributed by atoms with van der Waals surface area (Å²) in [6.07, 6.45) is 9.14. The number of amides is 1. The van der Waals surface area contributed by atoms with Gasteiger partial charge in [0.1, 0.15) is 5.60 Å². The lowest BCUT2D eigenvalue weighted by Crippen LogP contribution is -2.51. The van der Waals surface area contributed by atoms with E-state index in [-0.39, 0.29) is 6.09 Å². The van der Waals surface area contributed by atoms with Gasteiger partial charge in [-0.25, -0.2) is 9.48 Å². The zero-order chi connectivity index (χ0) is 18.0. The SMILES string of the molecule is C/C(=C\c1cncc(-n2cccn2)c1)C1CN(C(=O)OC(C)(C)C)C1. The Kier molecular flexibility index (Phi) is 4.61. The Morgan fingerprint density at radius 2 is 2.08 bits per heavy atom. The predicted molar refractivity (Wildman–Crippen MR) is 96.3 cm³/mol. The minimum atomic E-state index is -0.453. The average molecular weight is 340 g/mol. The number of likely N-dealkylation sites (tertiary alicyclic amines) is 1. The standard InChI is InChI=1S/C19H24N4O2/c1-14(16-12-22(13-16)18(24)25-19(2,3)4)8-15-9-17(11-20-10-15)23-7-5-6-21-23/h5-11,16H,12-13H2,1-4H3/b14-8+. The Bertz CT molecular complexity index is 769. The van der Waals surface area contributed by atoms with Crippen molar-refractivity contribution in [2.24, 2.45) is 5.92 Å². The summed E-state index contributed by atoms with van der Waals surface area (Å²) in [7, 11) is 0. The van der Waals surface area contributed by atoms with E-state index in [1.54, 1.807) is 22.0 Å². The number of aromatic nitrogens is 3. The van der Waals surface area contributed by atoms with Crippen molar-refractivity contribution in [1.29, 1.82) is 0 Å². The summed E-state index contributed by atoms with van der Waals surface area (Å²) < 4.78 is 7.18. The molecule has 1 fully saturated rings. The van der Waals surface area contributed by atoms with E-state index in [0.29, 0.717) is 19.0 Å². The zero-order valence-electron chi connectivity index (χ0n) is 15.1. The predicted octanol–water partition coefficient (Wildman–Crippen LogP) is 3.54. The third kappa shape index (κ3) is 4.26. The van der Waals surface area contributed by atoms with Crippen LogP contribution in [0.25, 0.3) is 11.8 Å². The molecular weight excluding hydrogens is 316 g/mol. The molecule has 0 atom stereocenters. The van der Waals surface area contributed by atoms with Gasteiger partial charge in [-0.15, -0.1) is 0 Å². The molecule has 1 saturated heterocycles. The molecule has 0 aliphatic carbocycles. The van der Waals surface area contributed by atoms with Gasteiger partial charge < -0.3 is 9.64 Å². The Morgan fingerprint density at radius 1 is 1.32 bits per heavy atom. The van der Waals surface area contributed by atoms with Crippen molar-refractivity contribution in [1.82, 2.24) is 19.7 Å². The van der Waals surface area contributed by atoms with Gasteiger partial charge in [0, 0.05) is 37.6 Å². The monoisotopic (exact) mass is 340 g/mol. The van der Waals surface area contributed by atoms with Crippen LogP contribution < -0.4 is 0 Å². The lowest BCUT2D eigenvalue weighted by molar-refractivity contribution is 0.00382. The van der Waals surface area contributed by atoms with Gasteiger partial charge in [-0.2, -0.15) is 5.10 Å². The van der Waals surface area contributed by atoms with E-state index in [4.69, 9.17) is 4.74 Å². The summed E-state index contributed by atoms with van der Waals surface area (Å²) in [6.45, 7) is 9.14. The minimum Gasteiger partial charge on any atom is -0.444 e. The fraction of sp³-hybridized carbons (Fsp3) is 0.421. The molecule has 1 aliphatic rings. The van der Waals surface area contributed by atoms with Crippen molar-refractivity contribution in [3.8, 4) is 5.69 Å². The number of nitrogens with zero attached hydrogens (tertiary/aromatic N) is 4. The first-order valence-corrected chi connectivity index (χ1v) is 8.43. The van der Waals surface area contributed by atoms with Crippen LogP contribution in [0.4, 0.5) is 4.79 Å². The maximum atomic E-state index is 12.0. The summed E-state index contributed by atoms with van der Waals surface area (Å²) in [5.74, 6) is 0.362. The summed E-state index contributed by atoms with van der Waals surface area (Å²) in [5, 5.41) is 4.23. The van der Waals surface area contributed by atoms with Crippen molar-refractivity contribution in [3.63, 3.8) is 0 Å². The highest BCUT2D eigenvalue weighted by molar-refractivity contribution is 5.69. The van der Waals surface area contributed by atoms with E-state index in [9.17, 15) is 4.79 Å². The molecule has 0 radical (unpaired) electrons. The van der Waals surface area contributed by atoms with Gasteiger partial charge in [0.2, 0.25) is 0 Å². The van der Waals surface area contributed by atoms with Crippen molar-refractivity contribution in [2.45, 2.75) is 33.3 Å². The van der Waals surface area contributed by atoms with E-state index >= 15 is 0 Å². The van der Waals surface area contributed by atoms with Crippen LogP contribution in [-0.2, 0) is 4.74 Å². The van der Waals surface area contributed by atoms with Crippen LogP contribution in [0.1, 0.15) is 33.3 Å². The largest absolute Gasteiger partial charge is 0.444 e. The van der Waals surface area contributed by atoms with E-state index in [1.165, 1.54) is 5.57 Å². The van der Waals surface area contributed by atoms with Crippen LogP contribution in [0.5, 0.6) is 0 Å². The van der Waals surface area contributed by atoms with Crippen LogP contribution >= 0.6 is 0 Å². The van der Waals surface area contributed by atoms with Crippen molar-refractivity contribution < 1.29 is 9.53 Å². The van der Waals surface area contributed by atoms with Crippen LogP contribution in [-0.4, -0.2) is 44.4 Å². The molecular formula is C19H24N4O2. The summed E-state index contributed by atoms with van der Waals surface area (Å²) >= 11 is 0. The number of carbonyl (C=O) groups excluding carboxylic acids is 1. The van der Waals surface area contributed by atoms with Crippen LogP contribution in [0.3, 0.4) is 0 Å². The molecule has 0 saturated carbocycles. The first kappa shape index (κ1) is 17.2. The molecule has 2 aromatic rings. The Balaban J connectivity index is 1.62. The van der Waals surface area contributed by atoms with Crippen LogP contribution in [0.15, 0.2) is 42.5 Å². The smallest absolute Gasteiger partial charge is 0.410 e. The maximum Gasteiger partial charge on any atom is 0.410 e. The Morgan fingerprint density at radius 3 is 2.72 bits per heavy atom. The number of ether oxygens (including phenoxy) is 1. The molecule has 0 N–H and O–H groups in total. The molecule has 25 heavy (non-hydrogen) atoms. The highest BCUT2D eigenvalue weighted by Gasteiger charge is 2.34. The molecule has 3 heterocycles. The zero-order valence-corrected chi connectivity index (χ0v) is 15.1. The van der Waals surface area contributed by atoms with Crippen molar-refractivity contribution in [2.75, 3.05) is 13.1 Å². The van der Waals surface area contributed by atoms with Gasteiger partial charge in [0.05, 0.1) is 11.9 Å². The van der Waals surface area contributed by atoms with Crippen LogP contribution in [0.2, 0.25) is 0 Å². The van der Waals surface area contributed by atoms with E-state index < -0.39 is 5.60 Å². The first-order valence-electron chi connectivity index (χ1n) is 8.43. The lowest BCUT2D eigenvalue weighted by Gasteiger charge is -2.40. The third-order valence-corrected chi connectivity index (χ3v) is 4.09. The molecule has 3 rings (SSSR count). The number of hydrogen-bond donors (Lipinski definition) is 0. The topological polar surface area (TPSA) is 60.2 Å². The third-order valence-electron chi connectivity index (χ3n) is 4.09. The molecule has 132 valence electrons. The van der Waals surface area contributed by atoms with Crippen LogP contribution in [0, 0.1) is 5.92 Å². The number of carbonyl (C=O) groups is 1. The highest BCUT2D eigenvalue weighted by atomic mass is 16.6. The second-order valence-corrected chi connectivity index (χ2v) is 7.40. The maximum absolute atomic E-state index is 12.0. The van der Waals surface area contributed by atoms with Crippen molar-refractivity contribution in [3.05, 3.63) is 48.1 Å². The van der Waals surface area contributed by atoms with Gasteiger partial charge in [-0.05, 0) is 45.4 Å². The van der Waals surface area contributed by atoms with Gasteiger partial charge in [0.15, 0.2) is 0 Å². The molecule has 2 aromatic heterocycles. The molecule has 0 bridgehead atoms. The van der Waals surface area contributed by atoms with Gasteiger partial charge in [-0.3, -0.25) is 4.98 Å². The lowest BCUT2D eigenvalue weighted by atomic mass is 9.91. The first-order chi connectivity index (χ1) is 11.8. The molecule has 1 amide bonds. The molecule has 0 spiro atoms. The average Bonchev–Trinajstić information content (AvgIpc) is 2.98. The molecule has 6 heteroatoms. The van der Waals surface area contributed by atoms with Gasteiger partial charge >= 0.3 is 6.09 Å². The van der Waals surface area contributed by atoms with E-state index in [0.717, 1.165) is 11.3 Å². The quantitative estimate of drug-likeness (QED) is 0.857. The molecule has 0 aromatic carbocycles. The fourth-order valence-corrected chi connectivity index (χ4v) is 2.69. The normalized spacial score (nSPS) is 15.8. The number of hydrogen-bond acceptors (Lipinski definition) is 4. The highest BCUT2D eigenvalue weighted by Crippen LogP contribution is 2.26. The van der Waals surface area contributed by atoms with Crippen molar-refractivity contribution >= 4 is 12.2 Å². The Hall–Kier alpha value is -2.63. The number of rotatable bonds is 3. The molecule has 6 nitrogen and oxygen atoms in total. The molecule has 0 unspecified atom stereocenters. The number of pyridine rings is 1. The second-order valence-electron chi connectivity index (χ2n) is 7.40. The summed E-state index contributed by atoms with van der Waals surface area (Å²) in [4.78, 5) is 18.0. The summed E-state index contributed by atoms with van der Waals surface area (Å²) in [5.41, 5.74) is 2.74. The fourth-order valence-electron chi connectivity index (χ4n) is 2.69. The van der Waals surface area contributed by atoms with E-state index in [2.05, 4.69) is 23.1 Å². The van der Waals surface area contributed by atoms with Gasteiger partial charge in [-0.1, -0.05) is 11.6 Å². The summed E-state index contributed by atoms with van der Waals surface area (Å²) in [6, 6.07) is 3.93. The van der Waals surface area contributed by atoms with E-state index in [1.807, 2.05) is 45.3 Å². The molecule has 1 aliphatic heterocycles. The second kappa shape index (κ2) is 6.70. The Labute approximate surface area is 148 Å².